The molecule has 0 saturated carbocycles. The quantitative estimate of drug-likeness (QED) is 0.412. The summed E-state index contributed by atoms with van der Waals surface area (Å²) in [6.45, 7) is 4.33. The molecule has 228 valence electrons. The van der Waals surface area contributed by atoms with Crippen molar-refractivity contribution in [1.82, 2.24) is 9.88 Å². The summed E-state index contributed by atoms with van der Waals surface area (Å²) in [6.07, 6.45) is -0.00738. The van der Waals surface area contributed by atoms with Gasteiger partial charge in [0, 0.05) is 45.8 Å². The number of benzene rings is 2. The van der Waals surface area contributed by atoms with E-state index >= 15 is 13.2 Å². The molecular formula is C29H30F3N5O6. The number of piperazine rings is 1. The number of aromatic nitrogens is 1. The molecular weight excluding hydrogens is 571 g/mol. The highest BCUT2D eigenvalue weighted by Gasteiger charge is 2.33. The molecule has 1 unspecified atom stereocenters. The Morgan fingerprint density at radius 3 is 2.37 bits per heavy atom. The summed E-state index contributed by atoms with van der Waals surface area (Å²) in [5, 5.41) is 2.31. The molecule has 2 aromatic carbocycles. The lowest BCUT2D eigenvalue weighted by Gasteiger charge is -2.38. The van der Waals surface area contributed by atoms with E-state index in [-0.39, 0.29) is 79.6 Å². The number of esters is 1. The van der Waals surface area contributed by atoms with Crippen molar-refractivity contribution in [3.05, 3.63) is 63.7 Å². The fourth-order valence-corrected chi connectivity index (χ4v) is 5.46. The number of methoxy groups -OCH3 is 1. The molecule has 0 radical (unpaired) electrons. The fourth-order valence-electron chi connectivity index (χ4n) is 5.46. The van der Waals surface area contributed by atoms with Gasteiger partial charge >= 0.3 is 12.1 Å². The van der Waals surface area contributed by atoms with Crippen LogP contribution in [-0.4, -0.2) is 75.0 Å². The zero-order valence-corrected chi connectivity index (χ0v) is 23.8. The lowest BCUT2D eigenvalue weighted by Crippen LogP contribution is -2.47. The van der Waals surface area contributed by atoms with Crippen molar-refractivity contribution in [2.75, 3.05) is 61.1 Å². The molecule has 3 aromatic rings. The van der Waals surface area contributed by atoms with Gasteiger partial charge in [0.1, 0.15) is 29.0 Å². The second-order valence-corrected chi connectivity index (χ2v) is 10.2. The van der Waals surface area contributed by atoms with Crippen molar-refractivity contribution in [2.24, 2.45) is 0 Å². The van der Waals surface area contributed by atoms with Gasteiger partial charge in [-0.05, 0) is 31.2 Å². The van der Waals surface area contributed by atoms with Crippen LogP contribution in [0.4, 0.5) is 35.0 Å². The zero-order chi connectivity index (χ0) is 31.0. The smallest absolute Gasteiger partial charge is 0.414 e. The fraction of sp³-hybridized carbons (Fsp3) is 0.379. The predicted molar refractivity (Wildman–Crippen MR) is 152 cm³/mol. The SMILES string of the molecule is CCn1cc(C(=O)OC)c(=O)c2cc(F)c(N3CCN(c4ccc(N5CC(CNC(C)=O)OC5=O)cc4F)CC3)c(F)c21. The Morgan fingerprint density at radius 1 is 1.05 bits per heavy atom. The van der Waals surface area contributed by atoms with Gasteiger partial charge in [-0.15, -0.1) is 0 Å². The van der Waals surface area contributed by atoms with E-state index in [4.69, 9.17) is 4.74 Å². The number of nitrogens with zero attached hydrogens (tertiary/aromatic N) is 4. The van der Waals surface area contributed by atoms with Crippen LogP contribution in [0.2, 0.25) is 0 Å². The lowest BCUT2D eigenvalue weighted by molar-refractivity contribution is -0.119. The average molecular weight is 602 g/mol. The van der Waals surface area contributed by atoms with Crippen molar-refractivity contribution in [1.29, 1.82) is 0 Å². The van der Waals surface area contributed by atoms with E-state index in [1.54, 1.807) is 17.9 Å². The molecule has 0 aliphatic carbocycles. The highest BCUT2D eigenvalue weighted by molar-refractivity contribution is 5.95. The number of hydrogen-bond acceptors (Lipinski definition) is 8. The van der Waals surface area contributed by atoms with E-state index in [2.05, 4.69) is 10.1 Å². The second-order valence-electron chi connectivity index (χ2n) is 10.2. The van der Waals surface area contributed by atoms with E-state index in [1.165, 1.54) is 39.6 Å². The third-order valence-electron chi connectivity index (χ3n) is 7.61. The Hall–Kier alpha value is -4.75. The van der Waals surface area contributed by atoms with Crippen LogP contribution in [0, 0.1) is 17.5 Å². The van der Waals surface area contributed by atoms with Crippen molar-refractivity contribution in [3.8, 4) is 0 Å². The number of carbonyl (C=O) groups is 3. The number of fused-ring (bicyclic) bond motifs is 1. The number of nitrogens with one attached hydrogen (secondary N) is 1. The first kappa shape index (κ1) is 29.7. The topological polar surface area (TPSA) is 113 Å². The van der Waals surface area contributed by atoms with Crippen LogP contribution in [0.1, 0.15) is 24.2 Å². The molecule has 2 aliphatic rings. The van der Waals surface area contributed by atoms with Gasteiger partial charge < -0.3 is 29.2 Å². The molecule has 43 heavy (non-hydrogen) atoms. The van der Waals surface area contributed by atoms with Crippen molar-refractivity contribution < 1.29 is 37.0 Å². The minimum absolute atomic E-state index is 0.125. The monoisotopic (exact) mass is 601 g/mol. The Bertz CT molecular complexity index is 1670. The Morgan fingerprint density at radius 2 is 1.74 bits per heavy atom. The predicted octanol–water partition coefficient (Wildman–Crippen LogP) is 3.01. The first-order valence-electron chi connectivity index (χ1n) is 13.7. The van der Waals surface area contributed by atoms with Crippen LogP contribution in [0.3, 0.4) is 0 Å². The lowest BCUT2D eigenvalue weighted by atomic mass is 10.1. The van der Waals surface area contributed by atoms with Crippen LogP contribution in [0.15, 0.2) is 35.3 Å². The van der Waals surface area contributed by atoms with Crippen LogP contribution in [0.5, 0.6) is 0 Å². The molecule has 0 spiro atoms. The molecule has 2 aliphatic heterocycles. The van der Waals surface area contributed by atoms with Crippen LogP contribution in [0.25, 0.3) is 10.9 Å². The first-order valence-corrected chi connectivity index (χ1v) is 13.7. The highest BCUT2D eigenvalue weighted by atomic mass is 19.1. The van der Waals surface area contributed by atoms with Crippen molar-refractivity contribution in [2.45, 2.75) is 26.5 Å². The number of carbonyl (C=O) groups excluding carboxylic acids is 3. The summed E-state index contributed by atoms with van der Waals surface area (Å²) >= 11 is 0. The third kappa shape index (κ3) is 5.56. The largest absolute Gasteiger partial charge is 0.465 e. The molecule has 0 bridgehead atoms. The Balaban J connectivity index is 1.34. The summed E-state index contributed by atoms with van der Waals surface area (Å²) in [4.78, 5) is 52.9. The first-order chi connectivity index (χ1) is 20.5. The molecule has 1 atom stereocenters. The highest BCUT2D eigenvalue weighted by Crippen LogP contribution is 2.33. The van der Waals surface area contributed by atoms with Gasteiger partial charge in [0.15, 0.2) is 5.82 Å². The molecule has 3 heterocycles. The molecule has 2 fully saturated rings. The van der Waals surface area contributed by atoms with Gasteiger partial charge in [0.2, 0.25) is 11.3 Å². The maximum atomic E-state index is 15.9. The minimum atomic E-state index is -0.954. The van der Waals surface area contributed by atoms with Gasteiger partial charge in [-0.2, -0.15) is 0 Å². The number of amides is 2. The number of ether oxygens (including phenoxy) is 2. The van der Waals surface area contributed by atoms with Crippen LogP contribution >= 0.6 is 0 Å². The van der Waals surface area contributed by atoms with Crippen molar-refractivity contribution >= 4 is 45.9 Å². The number of pyridine rings is 1. The van der Waals surface area contributed by atoms with E-state index in [1.807, 2.05) is 0 Å². The maximum Gasteiger partial charge on any atom is 0.414 e. The summed E-state index contributed by atoms with van der Waals surface area (Å²) < 4.78 is 57.7. The number of rotatable bonds is 7. The molecule has 14 heteroatoms. The molecule has 5 rings (SSSR count). The van der Waals surface area contributed by atoms with Crippen molar-refractivity contribution in [3.63, 3.8) is 0 Å². The van der Waals surface area contributed by atoms with E-state index in [9.17, 15) is 19.2 Å². The average Bonchev–Trinajstić information content (AvgIpc) is 3.36. The molecule has 2 amide bonds. The summed E-state index contributed by atoms with van der Waals surface area (Å²) in [5.41, 5.74) is -1.02. The summed E-state index contributed by atoms with van der Waals surface area (Å²) in [7, 11) is 1.11. The molecule has 11 nitrogen and oxygen atoms in total. The number of cyclic esters (lactones) is 1. The van der Waals surface area contributed by atoms with E-state index in [0.29, 0.717) is 5.69 Å². The summed E-state index contributed by atoms with van der Waals surface area (Å²) in [6, 6.07) is 5.27. The number of aryl methyl sites for hydroxylation is 1. The number of halogens is 3. The van der Waals surface area contributed by atoms with Crippen LogP contribution < -0.4 is 25.4 Å². The molecule has 1 aromatic heterocycles. The molecule has 2 saturated heterocycles. The normalized spacial score (nSPS) is 16.9. The minimum Gasteiger partial charge on any atom is -0.465 e. The third-order valence-corrected chi connectivity index (χ3v) is 7.61. The Kier molecular flexibility index (Phi) is 8.20. The summed E-state index contributed by atoms with van der Waals surface area (Å²) in [5.74, 6) is -3.62. The second kappa shape index (κ2) is 11.9. The molecule has 1 N–H and O–H groups in total. The zero-order valence-electron chi connectivity index (χ0n) is 23.8. The van der Waals surface area contributed by atoms with Gasteiger partial charge in [0.25, 0.3) is 0 Å². The Labute approximate surface area is 244 Å². The van der Waals surface area contributed by atoms with Crippen LogP contribution in [-0.2, 0) is 20.8 Å². The maximum absolute atomic E-state index is 15.9. The van der Waals surface area contributed by atoms with Gasteiger partial charge in [-0.3, -0.25) is 14.5 Å². The number of hydrogen-bond donors (Lipinski definition) is 1. The number of anilines is 3. The standard InChI is InChI=1S/C29H30F3N5O6/c1-4-34-15-20(28(40)42-3)27(39)19-12-22(31)26(24(32)25(19)34)36-9-7-35(8-10-36)23-6-5-17(11-21(23)30)37-14-18(43-29(37)41)13-33-16(2)38/h5-6,11-12,15,18H,4,7-10,13-14H2,1-3H3,(H,33,38). The van der Waals surface area contributed by atoms with E-state index < -0.39 is 41.0 Å². The van der Waals surface area contributed by atoms with E-state index in [0.717, 1.165) is 13.2 Å². The van der Waals surface area contributed by atoms with Gasteiger partial charge in [-0.1, -0.05) is 0 Å². The van der Waals surface area contributed by atoms with Gasteiger partial charge in [0.05, 0.1) is 42.5 Å². The van der Waals surface area contributed by atoms with Gasteiger partial charge in [-0.25, -0.2) is 22.8 Å².